The van der Waals surface area contributed by atoms with Crippen LogP contribution in [0.2, 0.25) is 0 Å². The Labute approximate surface area is 111 Å². The monoisotopic (exact) mass is 246 g/mol. The van der Waals surface area contributed by atoms with E-state index in [1.54, 1.807) is 0 Å². The van der Waals surface area contributed by atoms with Crippen molar-refractivity contribution in [3.63, 3.8) is 0 Å². The maximum atomic E-state index is 4.66. The average Bonchev–Trinajstić information content (AvgIpc) is 2.36. The predicted octanol–water partition coefficient (Wildman–Crippen LogP) is 4.39. The Kier molecular flexibility index (Phi) is 4.26. The van der Waals surface area contributed by atoms with Crippen molar-refractivity contribution in [2.75, 3.05) is 5.32 Å². The van der Waals surface area contributed by atoms with Gasteiger partial charge in [-0.15, -0.1) is 0 Å². The molecule has 1 heterocycles. The molecule has 1 saturated carbocycles. The number of pyridine rings is 1. The van der Waals surface area contributed by atoms with Crippen LogP contribution in [-0.4, -0.2) is 11.0 Å². The molecule has 100 valence electrons. The van der Waals surface area contributed by atoms with E-state index in [2.05, 4.69) is 44.1 Å². The minimum atomic E-state index is 0.540. The number of aryl methyl sites for hydroxylation is 2. The highest BCUT2D eigenvalue weighted by Gasteiger charge is 2.20. The summed E-state index contributed by atoms with van der Waals surface area (Å²) in [5.41, 5.74) is 3.74. The first-order valence-electron chi connectivity index (χ1n) is 7.29. The Hall–Kier alpha value is -1.05. The summed E-state index contributed by atoms with van der Waals surface area (Å²) in [6.07, 6.45) is 6.96. The van der Waals surface area contributed by atoms with Crippen molar-refractivity contribution in [2.24, 2.45) is 5.92 Å². The van der Waals surface area contributed by atoms with Crippen LogP contribution in [0.3, 0.4) is 0 Å². The van der Waals surface area contributed by atoms with Gasteiger partial charge >= 0.3 is 0 Å². The third-order valence-electron chi connectivity index (χ3n) is 4.38. The largest absolute Gasteiger partial charge is 0.367 e. The van der Waals surface area contributed by atoms with Crippen LogP contribution in [0.1, 0.15) is 55.8 Å². The molecule has 0 aromatic carbocycles. The van der Waals surface area contributed by atoms with E-state index in [4.69, 9.17) is 0 Å². The molecular weight excluding hydrogens is 220 g/mol. The van der Waals surface area contributed by atoms with E-state index in [1.807, 2.05) is 0 Å². The van der Waals surface area contributed by atoms with Gasteiger partial charge in [0.1, 0.15) is 5.82 Å². The van der Waals surface area contributed by atoms with Gasteiger partial charge in [0, 0.05) is 11.7 Å². The van der Waals surface area contributed by atoms with Gasteiger partial charge in [-0.05, 0) is 63.6 Å². The molecule has 0 unspecified atom stereocenters. The predicted molar refractivity (Wildman–Crippen MR) is 78.1 cm³/mol. The summed E-state index contributed by atoms with van der Waals surface area (Å²) in [6.45, 7) is 8.72. The van der Waals surface area contributed by atoms with Gasteiger partial charge in [-0.3, -0.25) is 0 Å². The van der Waals surface area contributed by atoms with Gasteiger partial charge in [-0.1, -0.05) is 19.3 Å². The topological polar surface area (TPSA) is 24.9 Å². The van der Waals surface area contributed by atoms with E-state index in [9.17, 15) is 0 Å². The van der Waals surface area contributed by atoms with Gasteiger partial charge in [-0.25, -0.2) is 4.98 Å². The molecule has 2 rings (SSSR count). The zero-order chi connectivity index (χ0) is 13.1. The molecule has 1 fully saturated rings. The van der Waals surface area contributed by atoms with E-state index in [-0.39, 0.29) is 0 Å². The second-order valence-electron chi connectivity index (χ2n) is 5.89. The standard InChI is InChI=1S/C16H26N2/c1-11-10-12(2)17-16(13(11)3)18-14(4)15-8-6-5-7-9-15/h10,14-15H,5-9H2,1-4H3,(H,17,18)/t14-/m1/s1. The summed E-state index contributed by atoms with van der Waals surface area (Å²) >= 11 is 0. The fourth-order valence-corrected chi connectivity index (χ4v) is 3.01. The normalized spacial score (nSPS) is 18.7. The van der Waals surface area contributed by atoms with Crippen molar-refractivity contribution in [1.82, 2.24) is 4.98 Å². The van der Waals surface area contributed by atoms with Gasteiger partial charge in [0.2, 0.25) is 0 Å². The first kappa shape index (κ1) is 13.4. The first-order valence-corrected chi connectivity index (χ1v) is 7.29. The molecule has 2 nitrogen and oxygen atoms in total. The van der Waals surface area contributed by atoms with Crippen molar-refractivity contribution < 1.29 is 0 Å². The lowest BCUT2D eigenvalue weighted by molar-refractivity contribution is 0.328. The number of hydrogen-bond acceptors (Lipinski definition) is 2. The summed E-state index contributed by atoms with van der Waals surface area (Å²) in [6, 6.07) is 2.70. The van der Waals surface area contributed by atoms with Gasteiger partial charge in [0.05, 0.1) is 0 Å². The van der Waals surface area contributed by atoms with Crippen LogP contribution < -0.4 is 5.32 Å². The van der Waals surface area contributed by atoms with Crippen molar-refractivity contribution in [2.45, 2.75) is 65.8 Å². The molecule has 1 atom stereocenters. The smallest absolute Gasteiger partial charge is 0.129 e. The lowest BCUT2D eigenvalue weighted by atomic mass is 9.84. The zero-order valence-corrected chi connectivity index (χ0v) is 12.2. The Bertz CT molecular complexity index is 406. The van der Waals surface area contributed by atoms with Crippen LogP contribution in [0.15, 0.2) is 6.07 Å². The maximum absolute atomic E-state index is 4.66. The maximum Gasteiger partial charge on any atom is 0.129 e. The SMILES string of the molecule is Cc1cc(C)c(C)c(N[C@H](C)C2CCCCC2)n1. The van der Waals surface area contributed by atoms with Crippen LogP contribution in [-0.2, 0) is 0 Å². The molecule has 0 aliphatic heterocycles. The number of aromatic nitrogens is 1. The molecule has 0 amide bonds. The van der Waals surface area contributed by atoms with Crippen LogP contribution in [0.25, 0.3) is 0 Å². The fourth-order valence-electron chi connectivity index (χ4n) is 3.01. The third-order valence-corrected chi connectivity index (χ3v) is 4.38. The Morgan fingerprint density at radius 2 is 1.83 bits per heavy atom. The summed E-state index contributed by atoms with van der Waals surface area (Å²) in [5, 5.41) is 3.65. The molecule has 1 aromatic rings. The quantitative estimate of drug-likeness (QED) is 0.855. The lowest BCUT2D eigenvalue weighted by Crippen LogP contribution is -2.28. The van der Waals surface area contributed by atoms with E-state index in [1.165, 1.54) is 43.2 Å². The number of hydrogen-bond donors (Lipinski definition) is 1. The second-order valence-corrected chi connectivity index (χ2v) is 5.89. The molecule has 18 heavy (non-hydrogen) atoms. The number of anilines is 1. The minimum Gasteiger partial charge on any atom is -0.367 e. The molecule has 1 aromatic heterocycles. The highest BCUT2D eigenvalue weighted by molar-refractivity contribution is 5.49. The summed E-state index contributed by atoms with van der Waals surface area (Å²) in [5.74, 6) is 1.91. The Morgan fingerprint density at radius 1 is 1.17 bits per heavy atom. The van der Waals surface area contributed by atoms with Crippen LogP contribution in [0.4, 0.5) is 5.82 Å². The number of nitrogens with zero attached hydrogens (tertiary/aromatic N) is 1. The van der Waals surface area contributed by atoms with Crippen molar-refractivity contribution in [1.29, 1.82) is 0 Å². The van der Waals surface area contributed by atoms with Gasteiger partial charge in [-0.2, -0.15) is 0 Å². The molecule has 0 radical (unpaired) electrons. The minimum absolute atomic E-state index is 0.540. The van der Waals surface area contributed by atoms with E-state index in [0.717, 1.165) is 17.4 Å². The Balaban J connectivity index is 2.08. The highest BCUT2D eigenvalue weighted by Crippen LogP contribution is 2.28. The van der Waals surface area contributed by atoms with Gasteiger partial charge in [0.15, 0.2) is 0 Å². The lowest BCUT2D eigenvalue weighted by Gasteiger charge is -2.29. The second kappa shape index (κ2) is 5.73. The van der Waals surface area contributed by atoms with E-state index < -0.39 is 0 Å². The summed E-state index contributed by atoms with van der Waals surface area (Å²) in [7, 11) is 0. The average molecular weight is 246 g/mol. The number of rotatable bonds is 3. The molecular formula is C16H26N2. The van der Waals surface area contributed by atoms with Gasteiger partial charge < -0.3 is 5.32 Å². The first-order chi connectivity index (χ1) is 8.58. The molecule has 1 aliphatic rings. The summed E-state index contributed by atoms with van der Waals surface area (Å²) in [4.78, 5) is 4.66. The van der Waals surface area contributed by atoms with E-state index >= 15 is 0 Å². The van der Waals surface area contributed by atoms with E-state index in [0.29, 0.717) is 6.04 Å². The molecule has 0 spiro atoms. The fraction of sp³-hybridized carbons (Fsp3) is 0.688. The van der Waals surface area contributed by atoms with Crippen LogP contribution >= 0.6 is 0 Å². The Morgan fingerprint density at radius 3 is 2.50 bits per heavy atom. The van der Waals surface area contributed by atoms with Crippen molar-refractivity contribution in [3.8, 4) is 0 Å². The zero-order valence-electron chi connectivity index (χ0n) is 12.2. The van der Waals surface area contributed by atoms with Crippen LogP contribution in [0.5, 0.6) is 0 Å². The van der Waals surface area contributed by atoms with Crippen molar-refractivity contribution in [3.05, 3.63) is 22.9 Å². The molecule has 0 bridgehead atoms. The number of nitrogens with one attached hydrogen (secondary N) is 1. The van der Waals surface area contributed by atoms with Crippen LogP contribution in [0, 0.1) is 26.7 Å². The molecule has 0 saturated heterocycles. The van der Waals surface area contributed by atoms with Crippen molar-refractivity contribution >= 4 is 5.82 Å². The third kappa shape index (κ3) is 3.04. The molecule has 1 aliphatic carbocycles. The highest BCUT2D eigenvalue weighted by atomic mass is 15.0. The summed E-state index contributed by atoms with van der Waals surface area (Å²) < 4.78 is 0. The molecule has 2 heteroatoms. The molecule has 1 N–H and O–H groups in total. The van der Waals surface area contributed by atoms with Gasteiger partial charge in [0.25, 0.3) is 0 Å².